The van der Waals surface area contributed by atoms with Gasteiger partial charge in [-0.05, 0) is 0 Å². The fraction of sp³-hybridized carbons (Fsp3) is 0.556. The van der Waals surface area contributed by atoms with Crippen molar-refractivity contribution in [3.05, 3.63) is 33.1 Å². The Kier molecular flexibility index (Phi) is 2.20. The molecule has 86 valence electrons. The molecule has 0 amide bonds. The van der Waals surface area contributed by atoms with Crippen LogP contribution in [0.25, 0.3) is 0 Å². The largest absolute Gasteiger partial charge is 0.394 e. The first-order chi connectivity index (χ1) is 7.70. The van der Waals surface area contributed by atoms with E-state index in [2.05, 4.69) is 4.98 Å². The minimum absolute atomic E-state index is 0.0389. The standard InChI is InChI=1S/C9H10N2O4S/c12-3-4-6-7(16-6)8(15-4)11-2-1-5(13)10-9(11)14/h1-2,4,6-8,12H,3H2,(H,10,13,14)/t4-,6+,7+,8-/m1/s1. The second kappa shape index (κ2) is 3.47. The number of aromatic nitrogens is 2. The lowest BCUT2D eigenvalue weighted by atomic mass is 10.2. The van der Waals surface area contributed by atoms with Crippen LogP contribution in [0.1, 0.15) is 6.23 Å². The smallest absolute Gasteiger partial charge is 0.330 e. The summed E-state index contributed by atoms with van der Waals surface area (Å²) in [5.41, 5.74) is -0.889. The van der Waals surface area contributed by atoms with E-state index in [0.717, 1.165) is 0 Å². The number of rotatable bonds is 2. The van der Waals surface area contributed by atoms with Crippen LogP contribution >= 0.6 is 11.8 Å². The first kappa shape index (κ1) is 10.1. The van der Waals surface area contributed by atoms with Gasteiger partial charge in [0, 0.05) is 12.3 Å². The van der Waals surface area contributed by atoms with Gasteiger partial charge in [-0.1, -0.05) is 0 Å². The molecule has 2 aliphatic heterocycles. The maximum atomic E-state index is 11.5. The van der Waals surface area contributed by atoms with Gasteiger partial charge in [0.05, 0.1) is 23.2 Å². The molecular weight excluding hydrogens is 232 g/mol. The van der Waals surface area contributed by atoms with E-state index in [9.17, 15) is 9.59 Å². The molecule has 0 bridgehead atoms. The van der Waals surface area contributed by atoms with Crippen molar-refractivity contribution in [2.24, 2.45) is 0 Å². The molecule has 0 spiro atoms. The van der Waals surface area contributed by atoms with Crippen molar-refractivity contribution in [3.63, 3.8) is 0 Å². The number of H-pyrrole nitrogens is 1. The number of hydrogen-bond donors (Lipinski definition) is 2. The monoisotopic (exact) mass is 242 g/mol. The van der Waals surface area contributed by atoms with Gasteiger partial charge in [-0.15, -0.1) is 11.8 Å². The topological polar surface area (TPSA) is 84.3 Å². The molecular formula is C9H10N2O4S. The average molecular weight is 242 g/mol. The number of nitrogens with zero attached hydrogens (tertiary/aromatic N) is 1. The Bertz CT molecular complexity index is 525. The molecule has 0 aliphatic carbocycles. The number of aliphatic hydroxyl groups is 1. The van der Waals surface area contributed by atoms with E-state index < -0.39 is 11.2 Å². The molecule has 0 aromatic carbocycles. The third kappa shape index (κ3) is 1.43. The summed E-state index contributed by atoms with van der Waals surface area (Å²) in [6.07, 6.45) is 0.844. The van der Waals surface area contributed by atoms with Gasteiger partial charge in [-0.3, -0.25) is 14.3 Å². The summed E-state index contributed by atoms with van der Waals surface area (Å²) in [4.78, 5) is 24.6. The van der Waals surface area contributed by atoms with Crippen molar-refractivity contribution in [1.29, 1.82) is 0 Å². The van der Waals surface area contributed by atoms with E-state index in [1.165, 1.54) is 16.8 Å². The molecule has 6 nitrogen and oxygen atoms in total. The zero-order valence-corrected chi connectivity index (χ0v) is 9.02. The first-order valence-corrected chi connectivity index (χ1v) is 5.88. The number of fused-ring (bicyclic) bond motifs is 1. The molecule has 3 heterocycles. The number of aromatic amines is 1. The first-order valence-electron chi connectivity index (χ1n) is 4.94. The molecule has 0 unspecified atom stereocenters. The van der Waals surface area contributed by atoms with Crippen molar-refractivity contribution in [1.82, 2.24) is 9.55 Å². The molecule has 2 aliphatic rings. The molecule has 7 heteroatoms. The highest BCUT2D eigenvalue weighted by Crippen LogP contribution is 2.56. The minimum atomic E-state index is -0.470. The van der Waals surface area contributed by atoms with Crippen LogP contribution in [0.4, 0.5) is 0 Å². The summed E-state index contributed by atoms with van der Waals surface area (Å²) in [5.74, 6) is 0. The van der Waals surface area contributed by atoms with Gasteiger partial charge in [0.2, 0.25) is 0 Å². The highest BCUT2D eigenvalue weighted by molar-refractivity contribution is 8.07. The third-order valence-corrected chi connectivity index (χ3v) is 4.27. The normalized spacial score (nSPS) is 36.1. The summed E-state index contributed by atoms with van der Waals surface area (Å²) in [5, 5.41) is 9.54. The van der Waals surface area contributed by atoms with Crippen LogP contribution in [-0.4, -0.2) is 37.9 Å². The molecule has 2 fully saturated rings. The van der Waals surface area contributed by atoms with Gasteiger partial charge in [0.25, 0.3) is 5.56 Å². The lowest BCUT2D eigenvalue weighted by molar-refractivity contribution is -0.0254. The predicted molar refractivity (Wildman–Crippen MR) is 57.5 cm³/mol. The zero-order valence-electron chi connectivity index (χ0n) is 8.20. The van der Waals surface area contributed by atoms with Crippen molar-refractivity contribution < 1.29 is 9.84 Å². The molecule has 0 saturated carbocycles. The Labute approximate surface area is 94.2 Å². The summed E-state index contributed by atoms with van der Waals surface area (Å²) in [6.45, 7) is -0.0389. The number of aliphatic hydroxyl groups excluding tert-OH is 1. The Hall–Kier alpha value is -1.05. The predicted octanol–water partition coefficient (Wildman–Crippen LogP) is -1.09. The van der Waals surface area contributed by atoms with Crippen LogP contribution in [0, 0.1) is 0 Å². The van der Waals surface area contributed by atoms with Gasteiger partial charge in [0.15, 0.2) is 6.23 Å². The summed E-state index contributed by atoms with van der Waals surface area (Å²) >= 11 is 1.69. The zero-order chi connectivity index (χ0) is 11.3. The fourth-order valence-corrected chi connectivity index (χ4v) is 3.23. The number of nitrogens with one attached hydrogen (secondary N) is 1. The Morgan fingerprint density at radius 2 is 2.31 bits per heavy atom. The molecule has 16 heavy (non-hydrogen) atoms. The van der Waals surface area contributed by atoms with E-state index in [1.807, 2.05) is 0 Å². The summed E-state index contributed by atoms with van der Waals surface area (Å²) < 4.78 is 6.92. The van der Waals surface area contributed by atoms with Crippen molar-refractivity contribution in [3.8, 4) is 0 Å². The fourth-order valence-electron chi connectivity index (χ4n) is 2.00. The maximum absolute atomic E-state index is 11.5. The average Bonchev–Trinajstić information content (AvgIpc) is 2.96. The maximum Gasteiger partial charge on any atom is 0.330 e. The van der Waals surface area contributed by atoms with Gasteiger partial charge in [-0.25, -0.2) is 4.79 Å². The highest BCUT2D eigenvalue weighted by atomic mass is 32.2. The van der Waals surface area contributed by atoms with Crippen molar-refractivity contribution in [2.75, 3.05) is 6.61 Å². The minimum Gasteiger partial charge on any atom is -0.394 e. The molecule has 1 aromatic heterocycles. The van der Waals surface area contributed by atoms with Gasteiger partial charge in [0.1, 0.15) is 0 Å². The van der Waals surface area contributed by atoms with Crippen LogP contribution in [0.3, 0.4) is 0 Å². The van der Waals surface area contributed by atoms with Crippen molar-refractivity contribution >= 4 is 11.8 Å². The molecule has 2 N–H and O–H groups in total. The van der Waals surface area contributed by atoms with Crippen LogP contribution in [0.2, 0.25) is 0 Å². The van der Waals surface area contributed by atoms with Crippen molar-refractivity contribution in [2.45, 2.75) is 22.8 Å². The Morgan fingerprint density at radius 1 is 1.50 bits per heavy atom. The highest BCUT2D eigenvalue weighted by Gasteiger charge is 2.57. The number of ether oxygens (including phenoxy) is 1. The lowest BCUT2D eigenvalue weighted by Crippen LogP contribution is -2.33. The van der Waals surface area contributed by atoms with Crippen LogP contribution in [-0.2, 0) is 4.74 Å². The quantitative estimate of drug-likeness (QED) is 0.644. The van der Waals surface area contributed by atoms with Gasteiger partial charge >= 0.3 is 5.69 Å². The van der Waals surface area contributed by atoms with Gasteiger partial charge < -0.3 is 9.84 Å². The van der Waals surface area contributed by atoms with Crippen LogP contribution in [0.5, 0.6) is 0 Å². The van der Waals surface area contributed by atoms with E-state index in [-0.39, 0.29) is 29.4 Å². The SMILES string of the molecule is O=c1ccn([C@@H]2O[C@H](CO)[C@@H]3S[C@@H]32)c(=O)[nH]1. The molecule has 4 atom stereocenters. The van der Waals surface area contributed by atoms with Crippen LogP contribution in [0.15, 0.2) is 21.9 Å². The molecule has 1 aromatic rings. The number of hydrogen-bond acceptors (Lipinski definition) is 5. The third-order valence-electron chi connectivity index (χ3n) is 2.83. The Morgan fingerprint density at radius 3 is 2.94 bits per heavy atom. The molecule has 0 radical (unpaired) electrons. The second-order valence-electron chi connectivity index (χ2n) is 3.83. The van der Waals surface area contributed by atoms with E-state index in [0.29, 0.717) is 0 Å². The number of thioether (sulfide) groups is 1. The van der Waals surface area contributed by atoms with E-state index in [4.69, 9.17) is 9.84 Å². The summed E-state index contributed by atoms with van der Waals surface area (Å²) in [6, 6.07) is 1.29. The second-order valence-corrected chi connectivity index (χ2v) is 5.19. The van der Waals surface area contributed by atoms with E-state index in [1.54, 1.807) is 11.8 Å². The molecule has 3 rings (SSSR count). The van der Waals surface area contributed by atoms with Crippen LogP contribution < -0.4 is 11.2 Å². The van der Waals surface area contributed by atoms with E-state index >= 15 is 0 Å². The summed E-state index contributed by atoms with van der Waals surface area (Å²) in [7, 11) is 0. The lowest BCUT2D eigenvalue weighted by Gasteiger charge is -2.17. The van der Waals surface area contributed by atoms with Gasteiger partial charge in [-0.2, -0.15) is 0 Å². The molecule has 2 saturated heterocycles. The Balaban J connectivity index is 1.94.